The summed E-state index contributed by atoms with van der Waals surface area (Å²) in [7, 11) is -2.34. The Balaban J connectivity index is 1.65. The number of nitrogens with zero attached hydrogens (tertiary/aromatic N) is 1. The van der Waals surface area contributed by atoms with E-state index in [9.17, 15) is 18.0 Å². The van der Waals surface area contributed by atoms with Gasteiger partial charge in [-0.1, -0.05) is 6.42 Å². The summed E-state index contributed by atoms with van der Waals surface area (Å²) in [6.45, 7) is 1.50. The molecule has 30 heavy (non-hydrogen) atoms. The maximum absolute atomic E-state index is 13.0. The summed E-state index contributed by atoms with van der Waals surface area (Å²) >= 11 is 0. The van der Waals surface area contributed by atoms with Crippen LogP contribution < -0.4 is 10.1 Å². The Bertz CT molecular complexity index is 860. The molecule has 1 amide bonds. The molecule has 3 rings (SSSR count). The standard InChI is InChI=1S/C20H28N2O7S/c1-27-17-6-5-16(13-18(17)30(25,26)22-9-3-2-4-10-22)21-19(23)14-29-20(24)15-7-11-28-12-8-15/h5-6,13,15H,2-4,7-12,14H2,1H3,(H,21,23). The van der Waals surface area contributed by atoms with Crippen molar-refractivity contribution in [2.24, 2.45) is 5.92 Å². The highest BCUT2D eigenvalue weighted by molar-refractivity contribution is 7.89. The second-order valence-corrected chi connectivity index (χ2v) is 9.28. The number of nitrogens with one attached hydrogen (secondary N) is 1. The van der Waals surface area contributed by atoms with E-state index in [0.717, 1.165) is 19.3 Å². The van der Waals surface area contributed by atoms with Crippen molar-refractivity contribution >= 4 is 27.6 Å². The Morgan fingerprint density at radius 3 is 2.53 bits per heavy atom. The quantitative estimate of drug-likeness (QED) is 0.643. The zero-order valence-corrected chi connectivity index (χ0v) is 17.9. The van der Waals surface area contributed by atoms with Crippen LogP contribution in [0.3, 0.4) is 0 Å². The number of hydrogen-bond acceptors (Lipinski definition) is 7. The van der Waals surface area contributed by atoms with Crippen LogP contribution in [0, 0.1) is 5.92 Å². The summed E-state index contributed by atoms with van der Waals surface area (Å²) in [5.74, 6) is -1.00. The topological polar surface area (TPSA) is 111 Å². The fourth-order valence-corrected chi connectivity index (χ4v) is 5.28. The first kappa shape index (κ1) is 22.5. The Kier molecular flexibility index (Phi) is 7.68. The number of amides is 1. The number of methoxy groups -OCH3 is 1. The van der Waals surface area contributed by atoms with Crippen LogP contribution in [0.1, 0.15) is 32.1 Å². The van der Waals surface area contributed by atoms with E-state index < -0.39 is 28.5 Å². The molecule has 0 radical (unpaired) electrons. The Hall–Kier alpha value is -2.17. The first-order chi connectivity index (χ1) is 14.4. The number of esters is 1. The van der Waals surface area contributed by atoms with Gasteiger partial charge < -0.3 is 19.5 Å². The van der Waals surface area contributed by atoms with Gasteiger partial charge in [-0.15, -0.1) is 0 Å². The predicted octanol–water partition coefficient (Wildman–Crippen LogP) is 1.78. The molecule has 2 aliphatic rings. The molecule has 2 saturated heterocycles. The minimum Gasteiger partial charge on any atom is -0.495 e. The van der Waals surface area contributed by atoms with E-state index in [1.165, 1.54) is 23.5 Å². The van der Waals surface area contributed by atoms with Crippen LogP contribution in [-0.4, -0.2) is 64.6 Å². The van der Waals surface area contributed by atoms with Crippen LogP contribution in [0.4, 0.5) is 5.69 Å². The van der Waals surface area contributed by atoms with Crippen LogP contribution in [0.5, 0.6) is 5.75 Å². The summed E-state index contributed by atoms with van der Waals surface area (Å²) in [5.41, 5.74) is 0.290. The Morgan fingerprint density at radius 1 is 1.17 bits per heavy atom. The summed E-state index contributed by atoms with van der Waals surface area (Å²) in [4.78, 5) is 24.3. The zero-order chi connectivity index (χ0) is 21.6. The largest absolute Gasteiger partial charge is 0.495 e. The summed E-state index contributed by atoms with van der Waals surface area (Å²) in [6.07, 6.45) is 3.80. The van der Waals surface area contributed by atoms with Crippen molar-refractivity contribution in [2.45, 2.75) is 37.0 Å². The summed E-state index contributed by atoms with van der Waals surface area (Å²) < 4.78 is 43.1. The van der Waals surface area contributed by atoms with Crippen molar-refractivity contribution in [3.63, 3.8) is 0 Å². The molecule has 0 bridgehead atoms. The number of carbonyl (C=O) groups excluding carboxylic acids is 2. The molecule has 1 aromatic rings. The Morgan fingerprint density at radius 2 is 1.87 bits per heavy atom. The van der Waals surface area contributed by atoms with Gasteiger partial charge in [0.25, 0.3) is 5.91 Å². The SMILES string of the molecule is COc1ccc(NC(=O)COC(=O)C2CCOCC2)cc1S(=O)(=O)N1CCCCC1. The maximum Gasteiger partial charge on any atom is 0.309 e. The van der Waals surface area contributed by atoms with Crippen molar-refractivity contribution in [1.29, 1.82) is 0 Å². The second-order valence-electron chi connectivity index (χ2n) is 7.37. The monoisotopic (exact) mass is 440 g/mol. The first-order valence-corrected chi connectivity index (χ1v) is 11.6. The van der Waals surface area contributed by atoms with Gasteiger partial charge in [-0.25, -0.2) is 8.42 Å². The van der Waals surface area contributed by atoms with Gasteiger partial charge in [-0.05, 0) is 43.9 Å². The molecule has 0 aromatic heterocycles. The minimum absolute atomic E-state index is 0.00361. The lowest BCUT2D eigenvalue weighted by molar-refractivity contribution is -0.154. The molecule has 1 N–H and O–H groups in total. The smallest absolute Gasteiger partial charge is 0.309 e. The van der Waals surface area contributed by atoms with Gasteiger partial charge in [-0.3, -0.25) is 9.59 Å². The third kappa shape index (κ3) is 5.50. The number of anilines is 1. The van der Waals surface area contributed by atoms with Gasteiger partial charge in [-0.2, -0.15) is 4.31 Å². The molecule has 2 heterocycles. The van der Waals surface area contributed by atoms with Gasteiger partial charge in [0.2, 0.25) is 10.0 Å². The van der Waals surface area contributed by atoms with Crippen molar-refractivity contribution in [1.82, 2.24) is 4.31 Å². The molecule has 166 valence electrons. The number of rotatable bonds is 7. The average Bonchev–Trinajstić information content (AvgIpc) is 2.78. The number of ether oxygens (including phenoxy) is 3. The first-order valence-electron chi connectivity index (χ1n) is 10.1. The van der Waals surface area contributed by atoms with Crippen LogP contribution >= 0.6 is 0 Å². The van der Waals surface area contributed by atoms with Crippen LogP contribution in [-0.2, 0) is 29.1 Å². The molecular formula is C20H28N2O7S. The molecule has 0 spiro atoms. The van der Waals surface area contributed by atoms with E-state index in [0.29, 0.717) is 44.8 Å². The lowest BCUT2D eigenvalue weighted by atomic mass is 10.0. The molecule has 2 fully saturated rings. The predicted molar refractivity (Wildman–Crippen MR) is 109 cm³/mol. The molecule has 2 aliphatic heterocycles. The molecule has 0 atom stereocenters. The molecule has 1 aromatic carbocycles. The molecule has 0 aliphatic carbocycles. The van der Waals surface area contributed by atoms with Gasteiger partial charge in [0, 0.05) is 32.0 Å². The number of benzene rings is 1. The second kappa shape index (κ2) is 10.2. The lowest BCUT2D eigenvalue weighted by Crippen LogP contribution is -2.35. The van der Waals surface area contributed by atoms with E-state index in [1.807, 2.05) is 0 Å². The Labute approximate surface area is 176 Å². The van der Waals surface area contributed by atoms with Gasteiger partial charge in [0.05, 0.1) is 13.0 Å². The van der Waals surface area contributed by atoms with Gasteiger partial charge >= 0.3 is 5.97 Å². The molecule has 9 nitrogen and oxygen atoms in total. The molecule has 0 saturated carbocycles. The fourth-order valence-electron chi connectivity index (χ4n) is 3.59. The highest BCUT2D eigenvalue weighted by Gasteiger charge is 2.29. The minimum atomic E-state index is -3.74. The molecular weight excluding hydrogens is 412 g/mol. The highest BCUT2D eigenvalue weighted by Crippen LogP contribution is 2.31. The number of hydrogen-bond donors (Lipinski definition) is 1. The third-order valence-electron chi connectivity index (χ3n) is 5.28. The van der Waals surface area contributed by atoms with E-state index in [4.69, 9.17) is 14.2 Å². The van der Waals surface area contributed by atoms with E-state index in [2.05, 4.69) is 5.32 Å². The number of piperidine rings is 1. The van der Waals surface area contributed by atoms with Crippen LogP contribution in [0.2, 0.25) is 0 Å². The van der Waals surface area contributed by atoms with E-state index >= 15 is 0 Å². The molecule has 0 unspecified atom stereocenters. The lowest BCUT2D eigenvalue weighted by Gasteiger charge is -2.26. The average molecular weight is 441 g/mol. The molecule has 10 heteroatoms. The number of sulfonamides is 1. The van der Waals surface area contributed by atoms with Crippen LogP contribution in [0.25, 0.3) is 0 Å². The van der Waals surface area contributed by atoms with Crippen molar-refractivity contribution in [2.75, 3.05) is 45.3 Å². The van der Waals surface area contributed by atoms with Crippen molar-refractivity contribution < 1.29 is 32.2 Å². The van der Waals surface area contributed by atoms with Gasteiger partial charge in [0.1, 0.15) is 10.6 Å². The van der Waals surface area contributed by atoms with Crippen molar-refractivity contribution in [3.05, 3.63) is 18.2 Å². The zero-order valence-electron chi connectivity index (χ0n) is 17.1. The third-order valence-corrected chi connectivity index (χ3v) is 7.20. The van der Waals surface area contributed by atoms with Gasteiger partial charge in [0.15, 0.2) is 6.61 Å². The van der Waals surface area contributed by atoms with Crippen LogP contribution in [0.15, 0.2) is 23.1 Å². The fraction of sp³-hybridized carbons (Fsp3) is 0.600. The van der Waals surface area contributed by atoms with E-state index in [-0.39, 0.29) is 16.6 Å². The maximum atomic E-state index is 13.0. The van der Waals surface area contributed by atoms with Crippen molar-refractivity contribution in [3.8, 4) is 5.75 Å². The normalized spacial score (nSPS) is 18.6. The highest BCUT2D eigenvalue weighted by atomic mass is 32.2. The number of carbonyl (C=O) groups is 2. The summed E-state index contributed by atoms with van der Waals surface area (Å²) in [5, 5.41) is 2.59. The van der Waals surface area contributed by atoms with E-state index in [1.54, 1.807) is 6.07 Å². The summed E-state index contributed by atoms with van der Waals surface area (Å²) in [6, 6.07) is 4.42.